The molecule has 1 aliphatic rings. The second kappa shape index (κ2) is 11.0. The minimum atomic E-state index is -0.0528. The lowest BCUT2D eigenvalue weighted by molar-refractivity contribution is 0.255. The summed E-state index contributed by atoms with van der Waals surface area (Å²) in [5.74, 6) is 2.54. The molecule has 6 aromatic rings. The van der Waals surface area contributed by atoms with Gasteiger partial charge < -0.3 is 9.64 Å². The number of pyridine rings is 1. The highest BCUT2D eigenvalue weighted by atomic mass is 16.5. The molecule has 0 fully saturated rings. The highest BCUT2D eigenvalue weighted by molar-refractivity contribution is 6.09. The van der Waals surface area contributed by atoms with E-state index in [1.807, 2.05) is 6.20 Å². The van der Waals surface area contributed by atoms with Crippen LogP contribution in [0.5, 0.6) is 11.5 Å². The Kier molecular flexibility index (Phi) is 7.21. The summed E-state index contributed by atoms with van der Waals surface area (Å²) in [5, 5.41) is 2.38. The van der Waals surface area contributed by atoms with Crippen LogP contribution in [0.25, 0.3) is 27.6 Å². The normalized spacial score (nSPS) is 15.8. The third kappa shape index (κ3) is 5.33. The Morgan fingerprint density at radius 1 is 0.696 bits per heavy atom. The van der Waals surface area contributed by atoms with E-state index in [9.17, 15) is 0 Å². The first-order valence-electron chi connectivity index (χ1n) is 16.3. The number of ether oxygens (including phenoxy) is 1. The maximum atomic E-state index is 6.78. The fraction of sp³-hybridized carbons (Fsp3) is 0.293. The molecule has 0 aliphatic carbocycles. The second-order valence-electron chi connectivity index (χ2n) is 14.8. The van der Waals surface area contributed by atoms with E-state index in [0.717, 1.165) is 40.7 Å². The van der Waals surface area contributed by atoms with Crippen molar-refractivity contribution in [2.24, 2.45) is 0 Å². The van der Waals surface area contributed by atoms with Gasteiger partial charge in [0.2, 0.25) is 0 Å². The topological polar surface area (TPSA) is 33.5 Å². The summed E-state index contributed by atoms with van der Waals surface area (Å²) in [5.41, 5.74) is 8.37. The number of hydrogen-bond acceptors (Lipinski definition) is 4. The van der Waals surface area contributed by atoms with Gasteiger partial charge in [-0.25, -0.2) is 4.98 Å². The number of nitrogens with zero attached hydrogens (tertiary/aromatic N) is 4. The molecule has 1 aliphatic heterocycles. The summed E-state index contributed by atoms with van der Waals surface area (Å²) in [6, 6.07) is 35.1. The molecule has 4 aromatic carbocycles. The molecule has 0 N–H and O–H groups in total. The first-order valence-corrected chi connectivity index (χ1v) is 16.3. The number of anilines is 2. The minimum Gasteiger partial charge on any atom is -0.457 e. The lowest BCUT2D eigenvalue weighted by Gasteiger charge is -2.41. The van der Waals surface area contributed by atoms with Crippen molar-refractivity contribution < 1.29 is 4.74 Å². The fourth-order valence-corrected chi connectivity index (χ4v) is 6.60. The van der Waals surface area contributed by atoms with Crippen LogP contribution >= 0.6 is 0 Å². The van der Waals surface area contributed by atoms with Crippen LogP contribution in [0.3, 0.4) is 0 Å². The Bertz CT molecular complexity index is 2080. The van der Waals surface area contributed by atoms with Crippen LogP contribution in [-0.4, -0.2) is 28.2 Å². The first kappa shape index (κ1) is 30.1. The van der Waals surface area contributed by atoms with Gasteiger partial charge in [0.05, 0.1) is 17.7 Å². The van der Waals surface area contributed by atoms with Crippen LogP contribution in [0.4, 0.5) is 11.4 Å². The van der Waals surface area contributed by atoms with E-state index in [1.54, 1.807) is 0 Å². The summed E-state index contributed by atoms with van der Waals surface area (Å²) in [6.07, 6.45) is 1.92. The SMILES string of the molecule is CC1c2ccccc2N(c2cc(Oc3ccc4c5ccccc5n(-c5cc(C(C)(C)C)ccn5)c4c3)cc(C(C)(C)C)c2)CN1C. The summed E-state index contributed by atoms with van der Waals surface area (Å²) < 4.78 is 9.05. The molecule has 5 heteroatoms. The van der Waals surface area contributed by atoms with Crippen molar-refractivity contribution in [3.05, 3.63) is 120 Å². The van der Waals surface area contributed by atoms with Gasteiger partial charge in [0.1, 0.15) is 17.3 Å². The molecular weight excluding hydrogens is 564 g/mol. The molecule has 7 rings (SSSR count). The van der Waals surface area contributed by atoms with Gasteiger partial charge in [-0.15, -0.1) is 0 Å². The van der Waals surface area contributed by atoms with Crippen molar-refractivity contribution in [1.82, 2.24) is 14.5 Å². The molecule has 5 nitrogen and oxygen atoms in total. The highest BCUT2D eigenvalue weighted by Crippen LogP contribution is 2.42. The van der Waals surface area contributed by atoms with Crippen molar-refractivity contribution in [3.63, 3.8) is 0 Å². The smallest absolute Gasteiger partial charge is 0.137 e. The van der Waals surface area contributed by atoms with E-state index < -0.39 is 0 Å². The van der Waals surface area contributed by atoms with Crippen molar-refractivity contribution in [3.8, 4) is 17.3 Å². The maximum absolute atomic E-state index is 6.78. The van der Waals surface area contributed by atoms with Crippen LogP contribution in [-0.2, 0) is 10.8 Å². The zero-order chi connectivity index (χ0) is 32.4. The fourth-order valence-electron chi connectivity index (χ4n) is 6.60. The van der Waals surface area contributed by atoms with Crippen LogP contribution in [0.15, 0.2) is 103 Å². The van der Waals surface area contributed by atoms with Crippen molar-refractivity contribution in [1.29, 1.82) is 0 Å². The summed E-state index contributed by atoms with van der Waals surface area (Å²) in [6.45, 7) is 16.6. The average molecular weight is 609 g/mol. The largest absolute Gasteiger partial charge is 0.457 e. The molecule has 0 amide bonds. The number of fused-ring (bicyclic) bond motifs is 4. The van der Waals surface area contributed by atoms with E-state index in [2.05, 4.69) is 167 Å². The van der Waals surface area contributed by atoms with Gasteiger partial charge in [-0.2, -0.15) is 0 Å². The van der Waals surface area contributed by atoms with E-state index in [1.165, 1.54) is 33.2 Å². The van der Waals surface area contributed by atoms with Crippen LogP contribution in [0.2, 0.25) is 0 Å². The Hall–Kier alpha value is -4.61. The minimum absolute atomic E-state index is 0.0161. The Morgan fingerprint density at radius 2 is 1.41 bits per heavy atom. The van der Waals surface area contributed by atoms with E-state index >= 15 is 0 Å². The van der Waals surface area contributed by atoms with Crippen molar-refractivity contribution in [2.75, 3.05) is 18.6 Å². The summed E-state index contributed by atoms with van der Waals surface area (Å²) in [4.78, 5) is 9.65. The molecule has 1 unspecified atom stereocenters. The maximum Gasteiger partial charge on any atom is 0.137 e. The second-order valence-corrected chi connectivity index (χ2v) is 14.8. The molecule has 3 heterocycles. The molecule has 0 radical (unpaired) electrons. The van der Waals surface area contributed by atoms with Gasteiger partial charge in [-0.05, 0) is 90.0 Å². The number of aromatic nitrogens is 2. The summed E-state index contributed by atoms with van der Waals surface area (Å²) >= 11 is 0. The lowest BCUT2D eigenvalue weighted by atomic mass is 9.86. The van der Waals surface area contributed by atoms with Gasteiger partial charge in [0.15, 0.2) is 0 Å². The van der Waals surface area contributed by atoms with Gasteiger partial charge >= 0.3 is 0 Å². The predicted molar refractivity (Wildman–Crippen MR) is 192 cm³/mol. The number of hydrogen-bond donors (Lipinski definition) is 0. The van der Waals surface area contributed by atoms with E-state index in [4.69, 9.17) is 9.72 Å². The molecule has 0 saturated carbocycles. The molecule has 46 heavy (non-hydrogen) atoms. The predicted octanol–water partition coefficient (Wildman–Crippen LogP) is 10.7. The molecule has 0 saturated heterocycles. The third-order valence-corrected chi connectivity index (χ3v) is 9.49. The van der Waals surface area contributed by atoms with Crippen LogP contribution in [0, 0.1) is 0 Å². The van der Waals surface area contributed by atoms with Crippen LogP contribution < -0.4 is 9.64 Å². The molecule has 1 atom stereocenters. The van der Waals surface area contributed by atoms with E-state index in [-0.39, 0.29) is 10.8 Å². The summed E-state index contributed by atoms with van der Waals surface area (Å²) in [7, 11) is 2.19. The molecule has 2 aromatic heterocycles. The van der Waals surface area contributed by atoms with Gasteiger partial charge in [0, 0.05) is 46.5 Å². The molecule has 234 valence electrons. The average Bonchev–Trinajstić information content (AvgIpc) is 3.35. The first-order chi connectivity index (χ1) is 21.9. The van der Waals surface area contributed by atoms with Gasteiger partial charge in [-0.3, -0.25) is 9.47 Å². The van der Waals surface area contributed by atoms with Crippen molar-refractivity contribution in [2.45, 2.75) is 65.3 Å². The Morgan fingerprint density at radius 3 is 2.20 bits per heavy atom. The van der Waals surface area contributed by atoms with Crippen LogP contribution in [0.1, 0.15) is 71.2 Å². The quantitative estimate of drug-likeness (QED) is 0.199. The number of rotatable bonds is 4. The Labute approximate surface area is 273 Å². The number of para-hydroxylation sites is 2. The third-order valence-electron chi connectivity index (χ3n) is 9.49. The standard InChI is InChI=1S/C41H44N4O/c1-27-33-13-9-11-15-36(33)44(26-43(27)8)30-21-29(41(5,6)7)22-32(24-30)46-31-17-18-35-34-14-10-12-16-37(34)45(38(35)25-31)39-23-28(19-20-42-39)40(2,3)4/h9-25,27H,26H2,1-8H3. The molecule has 0 spiro atoms. The number of benzene rings is 4. The molecule has 0 bridgehead atoms. The molecular formula is C41H44N4O. The lowest BCUT2D eigenvalue weighted by Crippen LogP contribution is -2.39. The monoisotopic (exact) mass is 608 g/mol. The zero-order valence-electron chi connectivity index (χ0n) is 28.3. The Balaban J connectivity index is 1.35. The van der Waals surface area contributed by atoms with Gasteiger partial charge in [-0.1, -0.05) is 77.9 Å². The van der Waals surface area contributed by atoms with E-state index in [0.29, 0.717) is 6.04 Å². The van der Waals surface area contributed by atoms with Crippen molar-refractivity contribution >= 4 is 33.2 Å². The highest BCUT2D eigenvalue weighted by Gasteiger charge is 2.28. The zero-order valence-corrected chi connectivity index (χ0v) is 28.3. The van der Waals surface area contributed by atoms with Gasteiger partial charge in [0.25, 0.3) is 0 Å².